The molecule has 0 unspecified atom stereocenters. The fraction of sp³-hybridized carbons (Fsp3) is 0.385. The van der Waals surface area contributed by atoms with E-state index in [2.05, 4.69) is 4.98 Å². The molecule has 1 aliphatic rings. The second kappa shape index (κ2) is 5.03. The van der Waals surface area contributed by atoms with Crippen LogP contribution in [0, 0.1) is 12.8 Å². The molecular formula is C13H14N2O2S2. The Morgan fingerprint density at radius 1 is 1.58 bits per heavy atom. The molecule has 3 rings (SSSR count). The van der Waals surface area contributed by atoms with Crippen LogP contribution in [0.25, 0.3) is 9.88 Å². The number of hydrogen-bond donors (Lipinski definition) is 1. The smallest absolute Gasteiger partial charge is 0.265 e. The molecule has 2 aromatic rings. The molecule has 2 aromatic heterocycles. The average molecular weight is 294 g/mol. The highest BCUT2D eigenvalue weighted by atomic mass is 32.1. The van der Waals surface area contributed by atoms with Crippen LogP contribution in [0.4, 0.5) is 0 Å². The standard InChI is InChI=1S/C13H14N2O2S2/c1-8-11(13(17)15-5-9(6-15)7-16)19-12(14-8)10-3-2-4-18-10/h2-4,9,16H,5-7H2,1H3. The number of hydrogen-bond acceptors (Lipinski definition) is 5. The van der Waals surface area contributed by atoms with E-state index in [4.69, 9.17) is 5.11 Å². The van der Waals surface area contributed by atoms with Gasteiger partial charge in [-0.05, 0) is 18.4 Å². The molecule has 0 atom stereocenters. The summed E-state index contributed by atoms with van der Waals surface area (Å²) in [5, 5.41) is 11.9. The lowest BCUT2D eigenvalue weighted by Gasteiger charge is -2.37. The minimum absolute atomic E-state index is 0.0440. The van der Waals surface area contributed by atoms with Gasteiger partial charge in [-0.1, -0.05) is 6.07 Å². The highest BCUT2D eigenvalue weighted by Crippen LogP contribution is 2.32. The number of likely N-dealkylation sites (tertiary alicyclic amines) is 1. The van der Waals surface area contributed by atoms with Crippen LogP contribution in [-0.2, 0) is 0 Å². The fourth-order valence-electron chi connectivity index (χ4n) is 2.10. The first kappa shape index (κ1) is 12.8. The van der Waals surface area contributed by atoms with Crippen LogP contribution < -0.4 is 0 Å². The zero-order valence-electron chi connectivity index (χ0n) is 10.5. The van der Waals surface area contributed by atoms with Gasteiger partial charge < -0.3 is 10.0 Å². The number of amides is 1. The van der Waals surface area contributed by atoms with Crippen molar-refractivity contribution in [1.29, 1.82) is 0 Å². The summed E-state index contributed by atoms with van der Waals surface area (Å²) in [4.78, 5) is 20.4. The highest BCUT2D eigenvalue weighted by Gasteiger charge is 2.32. The predicted molar refractivity (Wildman–Crippen MR) is 76.6 cm³/mol. The van der Waals surface area contributed by atoms with Crippen LogP contribution in [-0.4, -0.2) is 40.6 Å². The van der Waals surface area contributed by atoms with Gasteiger partial charge in [0.25, 0.3) is 5.91 Å². The van der Waals surface area contributed by atoms with Gasteiger partial charge >= 0.3 is 0 Å². The Kier molecular flexibility index (Phi) is 3.38. The SMILES string of the molecule is Cc1nc(-c2cccs2)sc1C(=O)N1CC(CO)C1. The highest BCUT2D eigenvalue weighted by molar-refractivity contribution is 7.22. The molecule has 1 saturated heterocycles. The first-order chi connectivity index (χ1) is 9.19. The summed E-state index contributed by atoms with van der Waals surface area (Å²) in [7, 11) is 0. The molecule has 0 aromatic carbocycles. The molecule has 100 valence electrons. The van der Waals surface area contributed by atoms with Gasteiger partial charge in [0, 0.05) is 25.6 Å². The van der Waals surface area contributed by atoms with Gasteiger partial charge in [0.2, 0.25) is 0 Å². The molecule has 3 heterocycles. The van der Waals surface area contributed by atoms with Crippen LogP contribution in [0.5, 0.6) is 0 Å². The van der Waals surface area contributed by atoms with Gasteiger partial charge in [0.15, 0.2) is 0 Å². The number of aromatic nitrogens is 1. The van der Waals surface area contributed by atoms with Crippen molar-refractivity contribution in [2.75, 3.05) is 19.7 Å². The minimum Gasteiger partial charge on any atom is -0.396 e. The topological polar surface area (TPSA) is 53.4 Å². The van der Waals surface area contributed by atoms with Crippen LogP contribution in [0.15, 0.2) is 17.5 Å². The lowest BCUT2D eigenvalue weighted by molar-refractivity contribution is 0.0365. The number of aliphatic hydroxyl groups excluding tert-OH is 1. The molecule has 1 N–H and O–H groups in total. The first-order valence-electron chi connectivity index (χ1n) is 6.10. The lowest BCUT2D eigenvalue weighted by Crippen LogP contribution is -2.51. The molecule has 1 aliphatic heterocycles. The molecule has 0 aliphatic carbocycles. The van der Waals surface area contributed by atoms with E-state index in [1.165, 1.54) is 11.3 Å². The predicted octanol–water partition coefficient (Wildman–Crippen LogP) is 2.24. The maximum atomic E-state index is 12.3. The van der Waals surface area contributed by atoms with E-state index < -0.39 is 0 Å². The average Bonchev–Trinajstić information content (AvgIpc) is 2.95. The van der Waals surface area contributed by atoms with Crippen molar-refractivity contribution in [3.8, 4) is 9.88 Å². The number of thiazole rings is 1. The molecule has 0 saturated carbocycles. The monoisotopic (exact) mass is 294 g/mol. The first-order valence-corrected chi connectivity index (χ1v) is 7.80. The van der Waals surface area contributed by atoms with Gasteiger partial charge in [0.1, 0.15) is 9.88 Å². The molecule has 0 spiro atoms. The number of carbonyl (C=O) groups excluding carboxylic acids is 1. The van der Waals surface area contributed by atoms with E-state index >= 15 is 0 Å². The van der Waals surface area contributed by atoms with Crippen molar-refractivity contribution in [2.45, 2.75) is 6.92 Å². The number of carbonyl (C=O) groups is 1. The lowest BCUT2D eigenvalue weighted by atomic mass is 10.0. The van der Waals surface area contributed by atoms with Crippen molar-refractivity contribution in [2.24, 2.45) is 5.92 Å². The summed E-state index contributed by atoms with van der Waals surface area (Å²) in [6, 6.07) is 4.00. The second-order valence-electron chi connectivity index (χ2n) is 4.67. The third-order valence-corrected chi connectivity index (χ3v) is 5.41. The van der Waals surface area contributed by atoms with E-state index in [1.54, 1.807) is 16.2 Å². The molecule has 6 heteroatoms. The Bertz CT molecular complexity index is 586. The van der Waals surface area contributed by atoms with Gasteiger partial charge in [0.05, 0.1) is 10.6 Å². The van der Waals surface area contributed by atoms with Gasteiger partial charge in [-0.25, -0.2) is 4.98 Å². The van der Waals surface area contributed by atoms with Gasteiger partial charge in [-0.15, -0.1) is 22.7 Å². The Labute approximate surface area is 119 Å². The second-order valence-corrected chi connectivity index (χ2v) is 6.62. The Hall–Kier alpha value is -1.24. The summed E-state index contributed by atoms with van der Waals surface area (Å²) >= 11 is 3.09. The quantitative estimate of drug-likeness (QED) is 0.944. The summed E-state index contributed by atoms with van der Waals surface area (Å²) in [6.45, 7) is 3.35. The molecule has 0 bridgehead atoms. The maximum Gasteiger partial charge on any atom is 0.265 e. The molecular weight excluding hydrogens is 280 g/mol. The Morgan fingerprint density at radius 2 is 2.37 bits per heavy atom. The normalized spacial score (nSPS) is 15.6. The van der Waals surface area contributed by atoms with Crippen molar-refractivity contribution in [3.05, 3.63) is 28.1 Å². The molecule has 4 nitrogen and oxygen atoms in total. The van der Waals surface area contributed by atoms with E-state index in [1.807, 2.05) is 24.4 Å². The summed E-state index contributed by atoms with van der Waals surface area (Å²) < 4.78 is 0. The zero-order valence-corrected chi connectivity index (χ0v) is 12.1. The number of rotatable bonds is 3. The fourth-order valence-corrected chi connectivity index (χ4v) is 3.93. The van der Waals surface area contributed by atoms with E-state index in [-0.39, 0.29) is 18.4 Å². The molecule has 1 fully saturated rings. The summed E-state index contributed by atoms with van der Waals surface area (Å²) in [5.41, 5.74) is 0.797. The van der Waals surface area contributed by atoms with Crippen molar-refractivity contribution >= 4 is 28.6 Å². The van der Waals surface area contributed by atoms with Gasteiger partial charge in [-0.2, -0.15) is 0 Å². The van der Waals surface area contributed by atoms with E-state index in [0.29, 0.717) is 13.1 Å². The van der Waals surface area contributed by atoms with Crippen molar-refractivity contribution < 1.29 is 9.90 Å². The van der Waals surface area contributed by atoms with E-state index in [0.717, 1.165) is 20.5 Å². The molecule has 1 amide bonds. The number of aryl methyl sites for hydroxylation is 1. The minimum atomic E-state index is 0.0440. The third kappa shape index (κ3) is 2.31. The Balaban J connectivity index is 1.80. The summed E-state index contributed by atoms with van der Waals surface area (Å²) in [5.74, 6) is 0.288. The Morgan fingerprint density at radius 3 is 3.00 bits per heavy atom. The van der Waals surface area contributed by atoms with Gasteiger partial charge in [-0.3, -0.25) is 4.79 Å². The van der Waals surface area contributed by atoms with Crippen LogP contribution in [0.3, 0.4) is 0 Å². The largest absolute Gasteiger partial charge is 0.396 e. The molecule has 0 radical (unpaired) electrons. The number of aliphatic hydroxyl groups is 1. The zero-order chi connectivity index (χ0) is 13.4. The number of nitrogens with zero attached hydrogens (tertiary/aromatic N) is 2. The number of thiophene rings is 1. The molecule has 19 heavy (non-hydrogen) atoms. The third-order valence-electron chi connectivity index (χ3n) is 3.23. The van der Waals surface area contributed by atoms with Crippen LogP contribution >= 0.6 is 22.7 Å². The van der Waals surface area contributed by atoms with Crippen molar-refractivity contribution in [1.82, 2.24) is 9.88 Å². The van der Waals surface area contributed by atoms with Crippen LogP contribution in [0.1, 0.15) is 15.4 Å². The van der Waals surface area contributed by atoms with E-state index in [9.17, 15) is 4.79 Å². The van der Waals surface area contributed by atoms with Crippen molar-refractivity contribution in [3.63, 3.8) is 0 Å². The maximum absolute atomic E-state index is 12.3. The van der Waals surface area contributed by atoms with Crippen LogP contribution in [0.2, 0.25) is 0 Å². The summed E-state index contributed by atoms with van der Waals surface area (Å²) in [6.07, 6.45) is 0.